The third kappa shape index (κ3) is 8.01. The van der Waals surface area contributed by atoms with Gasteiger partial charge in [0.05, 0.1) is 27.2 Å². The Bertz CT molecular complexity index is 184. The number of hydrogen-bond donors (Lipinski definition) is 0. The largest absolute Gasteiger partial charge is 0.550 e. The van der Waals surface area contributed by atoms with Crippen molar-refractivity contribution >= 4 is 5.97 Å². The van der Waals surface area contributed by atoms with Crippen LogP contribution in [0.15, 0.2) is 0 Å². The van der Waals surface area contributed by atoms with Gasteiger partial charge in [0.2, 0.25) is 0 Å². The highest BCUT2D eigenvalue weighted by Gasteiger charge is 2.19. The fourth-order valence-electron chi connectivity index (χ4n) is 1.34. The molecule has 4 nitrogen and oxygen atoms in total. The number of ether oxygens (including phenoxy) is 1. The molecule has 0 aliphatic rings. The standard InChI is InChI=1S/C10H21NO3/c1-8(2)14-9(6-10(12)13)7-11(3,4)5/h8-9H,6-7H2,1-5H3/t9-/m0/s1. The van der Waals surface area contributed by atoms with Crippen molar-refractivity contribution in [2.45, 2.75) is 32.5 Å². The highest BCUT2D eigenvalue weighted by atomic mass is 16.5. The predicted molar refractivity (Wildman–Crippen MR) is 52.5 cm³/mol. The minimum atomic E-state index is -1.05. The lowest BCUT2D eigenvalue weighted by Crippen LogP contribution is -2.45. The molecular weight excluding hydrogens is 182 g/mol. The Balaban J connectivity index is 4.17. The summed E-state index contributed by atoms with van der Waals surface area (Å²) >= 11 is 0. The van der Waals surface area contributed by atoms with Crippen LogP contribution in [0.2, 0.25) is 0 Å². The number of hydrogen-bond acceptors (Lipinski definition) is 3. The minimum absolute atomic E-state index is 0.0340. The summed E-state index contributed by atoms with van der Waals surface area (Å²) in [4.78, 5) is 10.5. The van der Waals surface area contributed by atoms with Gasteiger partial charge in [-0.05, 0) is 13.8 Å². The normalized spacial score (nSPS) is 14.4. The van der Waals surface area contributed by atoms with Gasteiger partial charge in [0.15, 0.2) is 0 Å². The van der Waals surface area contributed by atoms with E-state index >= 15 is 0 Å². The molecule has 0 aliphatic heterocycles. The number of carbonyl (C=O) groups excluding carboxylic acids is 1. The summed E-state index contributed by atoms with van der Waals surface area (Å²) < 4.78 is 6.19. The van der Waals surface area contributed by atoms with Gasteiger partial charge in [-0.25, -0.2) is 0 Å². The Morgan fingerprint density at radius 1 is 1.36 bits per heavy atom. The van der Waals surface area contributed by atoms with E-state index in [1.807, 2.05) is 35.0 Å². The Hall–Kier alpha value is -0.610. The first-order valence-corrected chi connectivity index (χ1v) is 4.86. The fraction of sp³-hybridized carbons (Fsp3) is 0.900. The third-order valence-corrected chi connectivity index (χ3v) is 1.61. The van der Waals surface area contributed by atoms with E-state index in [1.165, 1.54) is 0 Å². The van der Waals surface area contributed by atoms with E-state index < -0.39 is 5.97 Å². The van der Waals surface area contributed by atoms with Gasteiger partial charge in [0.1, 0.15) is 12.6 Å². The maximum Gasteiger partial charge on any atom is 0.112 e. The van der Waals surface area contributed by atoms with Crippen LogP contribution in [0.3, 0.4) is 0 Å². The number of aliphatic carboxylic acids is 1. The second-order valence-corrected chi connectivity index (χ2v) is 4.86. The van der Waals surface area contributed by atoms with Crippen molar-refractivity contribution in [1.82, 2.24) is 0 Å². The predicted octanol–water partition coefficient (Wildman–Crippen LogP) is -0.374. The molecule has 0 aliphatic carbocycles. The maximum atomic E-state index is 10.5. The second-order valence-electron chi connectivity index (χ2n) is 4.86. The number of carbonyl (C=O) groups is 1. The lowest BCUT2D eigenvalue weighted by Gasteiger charge is -2.30. The van der Waals surface area contributed by atoms with Crippen LogP contribution in [-0.2, 0) is 9.53 Å². The van der Waals surface area contributed by atoms with Gasteiger partial charge in [0, 0.05) is 12.4 Å². The molecule has 0 amide bonds. The molecule has 0 radical (unpaired) electrons. The Kier molecular flexibility index (Phi) is 5.08. The van der Waals surface area contributed by atoms with Crippen LogP contribution in [-0.4, -0.2) is 50.3 Å². The van der Waals surface area contributed by atoms with Crippen LogP contribution in [0.25, 0.3) is 0 Å². The molecule has 0 aromatic heterocycles. The van der Waals surface area contributed by atoms with Gasteiger partial charge >= 0.3 is 0 Å². The molecule has 0 aromatic carbocycles. The van der Waals surface area contributed by atoms with Gasteiger partial charge in [-0.1, -0.05) is 0 Å². The summed E-state index contributed by atoms with van der Waals surface area (Å²) in [5.41, 5.74) is 0. The average molecular weight is 203 g/mol. The molecule has 4 heteroatoms. The highest BCUT2D eigenvalue weighted by molar-refractivity contribution is 5.64. The Labute approximate surface area is 86.1 Å². The molecular formula is C10H21NO3. The Morgan fingerprint density at radius 3 is 2.14 bits per heavy atom. The van der Waals surface area contributed by atoms with E-state index in [-0.39, 0.29) is 18.6 Å². The van der Waals surface area contributed by atoms with Crippen LogP contribution < -0.4 is 5.11 Å². The summed E-state index contributed by atoms with van der Waals surface area (Å²) in [6.45, 7) is 4.47. The van der Waals surface area contributed by atoms with Crippen LogP contribution in [0.5, 0.6) is 0 Å². The van der Waals surface area contributed by atoms with Gasteiger partial charge in [-0.15, -0.1) is 0 Å². The molecule has 0 saturated heterocycles. The van der Waals surface area contributed by atoms with Crippen molar-refractivity contribution in [2.75, 3.05) is 27.7 Å². The van der Waals surface area contributed by atoms with Crippen molar-refractivity contribution in [3.05, 3.63) is 0 Å². The zero-order valence-electron chi connectivity index (χ0n) is 9.74. The summed E-state index contributed by atoms with van der Waals surface area (Å²) in [5, 5.41) is 10.5. The number of carboxylic acid groups (broad SMARTS) is 1. The molecule has 0 N–H and O–H groups in total. The molecule has 0 heterocycles. The molecule has 84 valence electrons. The third-order valence-electron chi connectivity index (χ3n) is 1.61. The number of rotatable bonds is 6. The maximum absolute atomic E-state index is 10.5. The SMILES string of the molecule is CC(C)O[C@@H](CC(=O)[O-])C[N+](C)(C)C. The molecule has 0 saturated carbocycles. The van der Waals surface area contributed by atoms with Crippen molar-refractivity contribution in [3.8, 4) is 0 Å². The smallest absolute Gasteiger partial charge is 0.112 e. The zero-order chi connectivity index (χ0) is 11.4. The Morgan fingerprint density at radius 2 is 1.86 bits per heavy atom. The molecule has 1 atom stereocenters. The monoisotopic (exact) mass is 203 g/mol. The fourth-order valence-corrected chi connectivity index (χ4v) is 1.34. The first-order valence-electron chi connectivity index (χ1n) is 4.86. The van der Waals surface area contributed by atoms with Crippen molar-refractivity contribution in [1.29, 1.82) is 0 Å². The van der Waals surface area contributed by atoms with Crippen LogP contribution in [0, 0.1) is 0 Å². The van der Waals surface area contributed by atoms with Crippen molar-refractivity contribution in [2.24, 2.45) is 0 Å². The summed E-state index contributed by atoms with van der Waals surface area (Å²) in [5.74, 6) is -1.05. The highest BCUT2D eigenvalue weighted by Crippen LogP contribution is 2.06. The first kappa shape index (κ1) is 13.4. The molecule has 0 fully saturated rings. The quantitative estimate of drug-likeness (QED) is 0.553. The van der Waals surface area contributed by atoms with Gasteiger partial charge in [0.25, 0.3) is 0 Å². The van der Waals surface area contributed by atoms with Gasteiger partial charge < -0.3 is 19.1 Å². The van der Waals surface area contributed by atoms with Gasteiger partial charge in [-0.3, -0.25) is 0 Å². The molecule has 0 unspecified atom stereocenters. The van der Waals surface area contributed by atoms with E-state index in [4.69, 9.17) is 4.74 Å². The number of likely N-dealkylation sites (N-methyl/N-ethyl adjacent to an activating group) is 1. The van der Waals surface area contributed by atoms with Crippen molar-refractivity contribution in [3.63, 3.8) is 0 Å². The minimum Gasteiger partial charge on any atom is -0.550 e. The average Bonchev–Trinajstić information content (AvgIpc) is 1.77. The van der Waals surface area contributed by atoms with Crippen LogP contribution in [0.4, 0.5) is 0 Å². The van der Waals surface area contributed by atoms with Crippen LogP contribution >= 0.6 is 0 Å². The molecule has 0 bridgehead atoms. The van der Waals surface area contributed by atoms with Crippen molar-refractivity contribution < 1.29 is 19.1 Å². The summed E-state index contributed by atoms with van der Waals surface area (Å²) in [7, 11) is 6.02. The van der Waals surface area contributed by atoms with E-state index in [9.17, 15) is 9.90 Å². The lowest BCUT2D eigenvalue weighted by atomic mass is 10.2. The zero-order valence-corrected chi connectivity index (χ0v) is 9.74. The van der Waals surface area contributed by atoms with E-state index in [0.29, 0.717) is 11.0 Å². The number of quaternary nitrogens is 1. The molecule has 0 rings (SSSR count). The molecule has 0 spiro atoms. The summed E-state index contributed by atoms with van der Waals surface area (Å²) in [6.07, 6.45) is -0.251. The van der Waals surface area contributed by atoms with E-state index in [1.54, 1.807) is 0 Å². The van der Waals surface area contributed by atoms with E-state index in [0.717, 1.165) is 0 Å². The molecule has 0 aromatic rings. The summed E-state index contributed by atoms with van der Waals surface area (Å²) in [6, 6.07) is 0. The van der Waals surface area contributed by atoms with Gasteiger partial charge in [-0.2, -0.15) is 0 Å². The van der Waals surface area contributed by atoms with Crippen LogP contribution in [0.1, 0.15) is 20.3 Å². The topological polar surface area (TPSA) is 49.4 Å². The number of nitrogens with zero attached hydrogens (tertiary/aromatic N) is 1. The second kappa shape index (κ2) is 5.32. The lowest BCUT2D eigenvalue weighted by molar-refractivity contribution is -0.873. The molecule has 14 heavy (non-hydrogen) atoms. The number of carboxylic acids is 1. The van der Waals surface area contributed by atoms with E-state index in [2.05, 4.69) is 0 Å². The first-order chi connectivity index (χ1) is 6.20.